The van der Waals surface area contributed by atoms with Gasteiger partial charge in [0.05, 0.1) is 11.3 Å². The molecule has 0 saturated heterocycles. The molecule has 7 heteroatoms. The topological polar surface area (TPSA) is 42.0 Å². The molecule has 1 aromatic heterocycles. The van der Waals surface area contributed by atoms with Crippen molar-refractivity contribution in [2.24, 2.45) is 0 Å². The molecule has 2 aromatic carbocycles. The number of rotatable bonds is 4. The molecule has 0 aliphatic heterocycles. The smallest absolute Gasteiger partial charge is 0.322 e. The third-order valence-electron chi connectivity index (χ3n) is 4.19. The Balaban J connectivity index is 1.90. The molecule has 3 rings (SSSR count). The Hall–Kier alpha value is -3.22. The fraction of sp³-hybridized carbons (Fsp3) is 0.143. The highest BCUT2D eigenvalue weighted by atomic mass is 19.4. The van der Waals surface area contributed by atoms with E-state index in [0.717, 1.165) is 42.4 Å². The van der Waals surface area contributed by atoms with E-state index in [2.05, 4.69) is 10.3 Å². The van der Waals surface area contributed by atoms with E-state index in [9.17, 15) is 22.4 Å². The van der Waals surface area contributed by atoms with Crippen LogP contribution in [0.1, 0.15) is 28.4 Å². The third kappa shape index (κ3) is 4.19. The Morgan fingerprint density at radius 3 is 2.54 bits per heavy atom. The number of halogens is 4. The maximum absolute atomic E-state index is 14.5. The zero-order chi connectivity index (χ0) is 20.3. The predicted molar refractivity (Wildman–Crippen MR) is 98.4 cm³/mol. The molecular weight excluding hydrogens is 372 g/mol. The average molecular weight is 388 g/mol. The van der Waals surface area contributed by atoms with Crippen molar-refractivity contribution < 1.29 is 22.4 Å². The third-order valence-corrected chi connectivity index (χ3v) is 4.19. The molecule has 1 amide bonds. The minimum absolute atomic E-state index is 0.00681. The van der Waals surface area contributed by atoms with Crippen molar-refractivity contribution in [3.05, 3.63) is 83.3 Å². The first-order valence-corrected chi connectivity index (χ1v) is 8.52. The second-order valence-electron chi connectivity index (χ2n) is 6.10. The molecule has 1 heterocycles. The zero-order valence-corrected chi connectivity index (χ0v) is 14.8. The van der Waals surface area contributed by atoms with Gasteiger partial charge >= 0.3 is 6.18 Å². The van der Waals surface area contributed by atoms with Crippen LogP contribution in [-0.4, -0.2) is 10.9 Å². The van der Waals surface area contributed by atoms with Gasteiger partial charge in [0.25, 0.3) is 5.91 Å². The molecule has 0 unspecified atom stereocenters. The van der Waals surface area contributed by atoms with Crippen LogP contribution in [0.15, 0.2) is 60.8 Å². The quantitative estimate of drug-likeness (QED) is 0.581. The van der Waals surface area contributed by atoms with Crippen molar-refractivity contribution in [1.82, 2.24) is 4.98 Å². The summed E-state index contributed by atoms with van der Waals surface area (Å²) in [7, 11) is 0. The van der Waals surface area contributed by atoms with E-state index in [1.54, 1.807) is 18.2 Å². The first kappa shape index (κ1) is 19.5. The van der Waals surface area contributed by atoms with Crippen molar-refractivity contribution in [2.75, 3.05) is 5.32 Å². The number of carbonyl (C=O) groups excluding carboxylic acids is 1. The second-order valence-corrected chi connectivity index (χ2v) is 6.10. The van der Waals surface area contributed by atoms with Gasteiger partial charge in [0.1, 0.15) is 5.82 Å². The largest absolute Gasteiger partial charge is 0.418 e. The van der Waals surface area contributed by atoms with E-state index in [1.807, 2.05) is 13.0 Å². The number of pyridine rings is 1. The van der Waals surface area contributed by atoms with Crippen LogP contribution in [0.4, 0.5) is 23.2 Å². The summed E-state index contributed by atoms with van der Waals surface area (Å²) in [4.78, 5) is 16.0. The van der Waals surface area contributed by atoms with E-state index in [0.29, 0.717) is 5.69 Å². The number of hydrogen-bond donors (Lipinski definition) is 1. The molecule has 0 bridgehead atoms. The number of aryl methyl sites for hydroxylation is 1. The Kier molecular flexibility index (Phi) is 5.44. The molecule has 1 N–H and O–H groups in total. The lowest BCUT2D eigenvalue weighted by Crippen LogP contribution is -2.13. The number of amides is 1. The van der Waals surface area contributed by atoms with E-state index < -0.39 is 29.2 Å². The summed E-state index contributed by atoms with van der Waals surface area (Å²) in [5, 5.41) is 2.65. The number of hydrogen-bond acceptors (Lipinski definition) is 2. The maximum atomic E-state index is 14.5. The van der Waals surface area contributed by atoms with Crippen LogP contribution in [0.25, 0.3) is 11.3 Å². The molecular formula is C21H16F4N2O. The predicted octanol–water partition coefficient (Wildman–Crippen LogP) is 5.72. The Labute approximate surface area is 159 Å². The maximum Gasteiger partial charge on any atom is 0.418 e. The van der Waals surface area contributed by atoms with E-state index in [4.69, 9.17) is 0 Å². The molecule has 144 valence electrons. The van der Waals surface area contributed by atoms with Gasteiger partial charge in [0.15, 0.2) is 0 Å². The van der Waals surface area contributed by atoms with Crippen LogP contribution in [-0.2, 0) is 12.6 Å². The molecule has 0 spiro atoms. The first-order valence-electron chi connectivity index (χ1n) is 8.52. The lowest BCUT2D eigenvalue weighted by molar-refractivity contribution is -0.137. The normalized spacial score (nSPS) is 11.3. The minimum atomic E-state index is -4.67. The number of nitrogens with zero attached hydrogens (tertiary/aromatic N) is 1. The van der Waals surface area contributed by atoms with Gasteiger partial charge in [-0.3, -0.25) is 9.78 Å². The Morgan fingerprint density at radius 2 is 1.86 bits per heavy atom. The molecule has 3 aromatic rings. The molecule has 0 atom stereocenters. The molecule has 0 radical (unpaired) electrons. The Bertz CT molecular complexity index is 1020. The standard InChI is InChI=1S/C21H16F4N2O/c1-2-13-5-3-6-15(11-13)27-20(28)14-8-9-16(18(22)12-14)19-17(21(23,24)25)7-4-10-26-19/h3-12H,2H2,1H3,(H,27,28). The number of benzene rings is 2. The minimum Gasteiger partial charge on any atom is -0.322 e. The SMILES string of the molecule is CCc1cccc(NC(=O)c2ccc(-c3ncccc3C(F)(F)F)c(F)c2)c1. The van der Waals surface area contributed by atoms with Crippen LogP contribution in [0.5, 0.6) is 0 Å². The lowest BCUT2D eigenvalue weighted by atomic mass is 10.0. The van der Waals surface area contributed by atoms with Crippen LogP contribution in [0.3, 0.4) is 0 Å². The summed E-state index contributed by atoms with van der Waals surface area (Å²) >= 11 is 0. The molecule has 0 aliphatic carbocycles. The summed E-state index contributed by atoms with van der Waals surface area (Å²) < 4.78 is 54.0. The van der Waals surface area contributed by atoms with Crippen LogP contribution < -0.4 is 5.32 Å². The van der Waals surface area contributed by atoms with Crippen molar-refractivity contribution >= 4 is 11.6 Å². The first-order chi connectivity index (χ1) is 13.3. The van der Waals surface area contributed by atoms with E-state index in [-0.39, 0.29) is 11.1 Å². The summed E-state index contributed by atoms with van der Waals surface area (Å²) in [6, 6.07) is 12.5. The van der Waals surface area contributed by atoms with Crippen LogP contribution in [0, 0.1) is 5.82 Å². The zero-order valence-electron chi connectivity index (χ0n) is 14.8. The van der Waals surface area contributed by atoms with Gasteiger partial charge in [-0.1, -0.05) is 19.1 Å². The molecule has 3 nitrogen and oxygen atoms in total. The highest BCUT2D eigenvalue weighted by Crippen LogP contribution is 2.36. The van der Waals surface area contributed by atoms with Crippen molar-refractivity contribution in [1.29, 1.82) is 0 Å². The van der Waals surface area contributed by atoms with Crippen molar-refractivity contribution in [3.63, 3.8) is 0 Å². The molecule has 0 fully saturated rings. The monoisotopic (exact) mass is 388 g/mol. The lowest BCUT2D eigenvalue weighted by Gasteiger charge is -2.13. The number of anilines is 1. The van der Waals surface area contributed by atoms with Gasteiger partial charge in [0, 0.05) is 23.0 Å². The summed E-state index contributed by atoms with van der Waals surface area (Å²) in [5.41, 5.74) is -0.310. The van der Waals surface area contributed by atoms with Crippen LogP contribution >= 0.6 is 0 Å². The van der Waals surface area contributed by atoms with E-state index in [1.165, 1.54) is 6.07 Å². The number of alkyl halides is 3. The van der Waals surface area contributed by atoms with Gasteiger partial charge in [-0.25, -0.2) is 4.39 Å². The fourth-order valence-corrected chi connectivity index (χ4v) is 2.77. The average Bonchev–Trinajstić information content (AvgIpc) is 2.67. The molecule has 28 heavy (non-hydrogen) atoms. The second kappa shape index (κ2) is 7.80. The summed E-state index contributed by atoms with van der Waals surface area (Å²) in [5.74, 6) is -1.52. The number of aromatic nitrogens is 1. The van der Waals surface area contributed by atoms with Gasteiger partial charge in [-0.15, -0.1) is 0 Å². The van der Waals surface area contributed by atoms with Gasteiger partial charge < -0.3 is 5.32 Å². The molecule has 0 aliphatic rings. The highest BCUT2D eigenvalue weighted by Gasteiger charge is 2.34. The molecule has 0 saturated carbocycles. The number of nitrogens with one attached hydrogen (secondary N) is 1. The summed E-state index contributed by atoms with van der Waals surface area (Å²) in [6.45, 7) is 1.97. The summed E-state index contributed by atoms with van der Waals surface area (Å²) in [6.07, 6.45) is -2.72. The number of carbonyl (C=O) groups is 1. The van der Waals surface area contributed by atoms with Crippen LogP contribution in [0.2, 0.25) is 0 Å². The van der Waals surface area contributed by atoms with Gasteiger partial charge in [-0.05, 0) is 54.4 Å². The van der Waals surface area contributed by atoms with Gasteiger partial charge in [-0.2, -0.15) is 13.2 Å². The highest BCUT2D eigenvalue weighted by molar-refractivity contribution is 6.04. The van der Waals surface area contributed by atoms with E-state index >= 15 is 0 Å². The van der Waals surface area contributed by atoms with Gasteiger partial charge in [0.2, 0.25) is 0 Å². The Morgan fingerprint density at radius 1 is 1.07 bits per heavy atom. The fourth-order valence-electron chi connectivity index (χ4n) is 2.77. The van der Waals surface area contributed by atoms with Crippen molar-refractivity contribution in [2.45, 2.75) is 19.5 Å². The van der Waals surface area contributed by atoms with Crippen molar-refractivity contribution in [3.8, 4) is 11.3 Å².